The predicted octanol–water partition coefficient (Wildman–Crippen LogP) is 4.84. The Labute approximate surface area is 262 Å². The van der Waals surface area contributed by atoms with E-state index in [1.807, 2.05) is 72.8 Å². The van der Waals surface area contributed by atoms with E-state index >= 15 is 0 Å². The molecular formula is C34H39ClN2O7. The summed E-state index contributed by atoms with van der Waals surface area (Å²) in [5.41, 5.74) is 3.58. The molecule has 0 unspecified atom stereocenters. The molecule has 5 rings (SSSR count). The van der Waals surface area contributed by atoms with Crippen molar-refractivity contribution in [1.29, 1.82) is 0 Å². The zero-order valence-electron chi connectivity index (χ0n) is 24.5. The topological polar surface area (TPSA) is 129 Å². The third-order valence-corrected chi connectivity index (χ3v) is 8.70. The van der Waals surface area contributed by atoms with Crippen molar-refractivity contribution in [2.75, 3.05) is 19.6 Å². The molecule has 234 valence electrons. The first-order chi connectivity index (χ1) is 21.2. The van der Waals surface area contributed by atoms with Crippen LogP contribution in [0.4, 0.5) is 0 Å². The number of nitrogens with one attached hydrogen (secondary N) is 1. The van der Waals surface area contributed by atoms with Crippen LogP contribution < -0.4 is 5.32 Å². The number of aliphatic hydroxyl groups excluding tert-OH is 1. The van der Waals surface area contributed by atoms with Gasteiger partial charge in [0.15, 0.2) is 6.29 Å². The highest BCUT2D eigenvalue weighted by molar-refractivity contribution is 6.30. The molecule has 2 aliphatic heterocycles. The Kier molecular flexibility index (Phi) is 10.7. The quantitative estimate of drug-likeness (QED) is 0.239. The van der Waals surface area contributed by atoms with Crippen LogP contribution in [0, 0.1) is 0 Å². The monoisotopic (exact) mass is 622 g/mol. The molecule has 0 spiro atoms. The number of hydrogen-bond donors (Lipinski definition) is 4. The second kappa shape index (κ2) is 14.6. The van der Waals surface area contributed by atoms with Crippen LogP contribution in [0.1, 0.15) is 72.3 Å². The standard InChI is InChI=1S/C34H39ClN2O7/c35-28-11-9-27(10-12-28)34(42)15-17-37(18-16-34)21-29-19-30(25-5-3-24(22-38)4-6-25)44-33(43-29)26-7-1-23(2-8-26)20-36-31(39)13-14-32(40)41/h1-12,29-30,33,38,42H,13-22H2,(H,36,39)(H,40,41)/t29-,30+,33+/m0/s1. The van der Waals surface area contributed by atoms with Gasteiger partial charge < -0.3 is 35.0 Å². The molecule has 3 aromatic rings. The van der Waals surface area contributed by atoms with E-state index < -0.39 is 17.9 Å². The molecule has 2 heterocycles. The van der Waals surface area contributed by atoms with Crippen LogP contribution in [-0.2, 0) is 37.8 Å². The number of carboxylic acid groups (broad SMARTS) is 1. The maximum absolute atomic E-state index is 11.9. The summed E-state index contributed by atoms with van der Waals surface area (Å²) in [5.74, 6) is -1.31. The number of ether oxygens (including phenoxy) is 2. The van der Waals surface area contributed by atoms with Gasteiger partial charge in [0.1, 0.15) is 0 Å². The van der Waals surface area contributed by atoms with Gasteiger partial charge in [0.05, 0.1) is 30.8 Å². The first-order valence-corrected chi connectivity index (χ1v) is 15.4. The summed E-state index contributed by atoms with van der Waals surface area (Å²) >= 11 is 6.05. The van der Waals surface area contributed by atoms with Gasteiger partial charge in [0.25, 0.3) is 0 Å². The van der Waals surface area contributed by atoms with E-state index in [-0.39, 0.29) is 37.6 Å². The molecule has 2 aliphatic rings. The van der Waals surface area contributed by atoms with Crippen molar-refractivity contribution < 1.29 is 34.4 Å². The van der Waals surface area contributed by atoms with Crippen LogP contribution in [0.5, 0.6) is 0 Å². The fraction of sp³-hybridized carbons (Fsp3) is 0.412. The third kappa shape index (κ3) is 8.44. The van der Waals surface area contributed by atoms with Crippen molar-refractivity contribution >= 4 is 23.5 Å². The lowest BCUT2D eigenvalue weighted by molar-refractivity contribution is -0.253. The third-order valence-electron chi connectivity index (χ3n) is 8.45. The molecule has 2 fully saturated rings. The average molecular weight is 623 g/mol. The molecule has 10 heteroatoms. The maximum atomic E-state index is 11.9. The molecule has 0 aliphatic carbocycles. The van der Waals surface area contributed by atoms with E-state index in [0.29, 0.717) is 37.4 Å². The van der Waals surface area contributed by atoms with Crippen LogP contribution in [-0.4, -0.2) is 57.8 Å². The summed E-state index contributed by atoms with van der Waals surface area (Å²) in [7, 11) is 0. The number of carbonyl (C=O) groups excluding carboxylic acids is 1. The number of benzene rings is 3. The molecule has 0 radical (unpaired) electrons. The van der Waals surface area contributed by atoms with Crippen molar-refractivity contribution in [1.82, 2.24) is 10.2 Å². The minimum Gasteiger partial charge on any atom is -0.481 e. The maximum Gasteiger partial charge on any atom is 0.303 e. The Morgan fingerprint density at radius 1 is 0.886 bits per heavy atom. The van der Waals surface area contributed by atoms with Gasteiger partial charge in [-0.2, -0.15) is 0 Å². The van der Waals surface area contributed by atoms with Crippen molar-refractivity contribution in [2.24, 2.45) is 0 Å². The fourth-order valence-electron chi connectivity index (χ4n) is 5.78. The second-order valence-corrected chi connectivity index (χ2v) is 12.0. The molecule has 44 heavy (non-hydrogen) atoms. The lowest BCUT2D eigenvalue weighted by Crippen LogP contribution is -2.46. The van der Waals surface area contributed by atoms with Crippen LogP contribution in [0.25, 0.3) is 0 Å². The molecule has 1 amide bonds. The van der Waals surface area contributed by atoms with Gasteiger partial charge in [-0.05, 0) is 47.2 Å². The second-order valence-electron chi connectivity index (χ2n) is 11.6. The van der Waals surface area contributed by atoms with E-state index in [4.69, 9.17) is 26.2 Å². The minimum absolute atomic E-state index is 0.0240. The number of carboxylic acids is 1. The van der Waals surface area contributed by atoms with Crippen molar-refractivity contribution in [3.05, 3.63) is 106 Å². The van der Waals surface area contributed by atoms with Gasteiger partial charge in [0.2, 0.25) is 5.91 Å². The number of nitrogens with zero attached hydrogens (tertiary/aromatic N) is 1. The van der Waals surface area contributed by atoms with Crippen molar-refractivity contribution in [2.45, 2.75) is 69.4 Å². The number of rotatable bonds is 11. The Balaban J connectivity index is 1.24. The SMILES string of the molecule is O=C(O)CCC(=O)NCc1ccc([C@@H]2O[C@H](CN3CCC(O)(c4ccc(Cl)cc4)CC3)C[C@H](c3ccc(CO)cc3)O2)cc1. The number of carbonyl (C=O) groups is 2. The summed E-state index contributed by atoms with van der Waals surface area (Å²) in [4.78, 5) is 24.9. The minimum atomic E-state index is -1.00. The average Bonchev–Trinajstić information content (AvgIpc) is 3.04. The number of piperidine rings is 1. The zero-order valence-corrected chi connectivity index (χ0v) is 25.3. The zero-order chi connectivity index (χ0) is 31.1. The lowest BCUT2D eigenvalue weighted by Gasteiger charge is -2.42. The van der Waals surface area contributed by atoms with Crippen molar-refractivity contribution in [3.8, 4) is 0 Å². The number of hydrogen-bond acceptors (Lipinski definition) is 7. The lowest BCUT2D eigenvalue weighted by atomic mass is 9.84. The molecule has 0 saturated carbocycles. The molecule has 2 saturated heterocycles. The van der Waals surface area contributed by atoms with E-state index in [1.165, 1.54) is 0 Å². The van der Waals surface area contributed by atoms with Crippen LogP contribution in [0.15, 0.2) is 72.8 Å². The van der Waals surface area contributed by atoms with Crippen LogP contribution in [0.3, 0.4) is 0 Å². The highest BCUT2D eigenvalue weighted by atomic mass is 35.5. The molecule has 3 atom stereocenters. The number of halogens is 1. The van der Waals surface area contributed by atoms with E-state index in [1.54, 1.807) is 0 Å². The van der Waals surface area contributed by atoms with Gasteiger partial charge in [-0.15, -0.1) is 0 Å². The molecule has 4 N–H and O–H groups in total. The van der Waals surface area contributed by atoms with Crippen molar-refractivity contribution in [3.63, 3.8) is 0 Å². The van der Waals surface area contributed by atoms with E-state index in [2.05, 4.69) is 10.2 Å². The van der Waals surface area contributed by atoms with Gasteiger partial charge in [-0.3, -0.25) is 9.59 Å². The Morgan fingerprint density at radius 2 is 1.52 bits per heavy atom. The van der Waals surface area contributed by atoms with Crippen LogP contribution in [0.2, 0.25) is 5.02 Å². The molecule has 9 nitrogen and oxygen atoms in total. The Bertz CT molecular complexity index is 1390. The number of aliphatic hydroxyl groups is 2. The molecular weight excluding hydrogens is 584 g/mol. The van der Waals surface area contributed by atoms with Gasteiger partial charge in [-0.1, -0.05) is 72.3 Å². The smallest absolute Gasteiger partial charge is 0.303 e. The molecule has 0 aromatic heterocycles. The number of likely N-dealkylation sites (tertiary alicyclic amines) is 1. The summed E-state index contributed by atoms with van der Waals surface area (Å²) in [6.45, 7) is 2.43. The normalized spacial score (nSPS) is 21.9. The highest BCUT2D eigenvalue weighted by Crippen LogP contribution is 2.39. The van der Waals surface area contributed by atoms with E-state index in [9.17, 15) is 19.8 Å². The van der Waals surface area contributed by atoms with Gasteiger partial charge in [0, 0.05) is 49.6 Å². The largest absolute Gasteiger partial charge is 0.481 e. The first kappa shape index (κ1) is 32.1. The first-order valence-electron chi connectivity index (χ1n) is 15.0. The summed E-state index contributed by atoms with van der Waals surface area (Å²) in [6.07, 6.45) is 0.688. The molecule has 3 aromatic carbocycles. The van der Waals surface area contributed by atoms with Gasteiger partial charge in [-0.25, -0.2) is 0 Å². The highest BCUT2D eigenvalue weighted by Gasteiger charge is 2.37. The summed E-state index contributed by atoms with van der Waals surface area (Å²) < 4.78 is 13.0. The van der Waals surface area contributed by atoms with Crippen LogP contribution >= 0.6 is 11.6 Å². The molecule has 0 bridgehead atoms. The number of aliphatic carboxylic acids is 1. The van der Waals surface area contributed by atoms with E-state index in [0.717, 1.165) is 40.9 Å². The number of amides is 1. The van der Waals surface area contributed by atoms with Gasteiger partial charge >= 0.3 is 5.97 Å². The fourth-order valence-corrected chi connectivity index (χ4v) is 5.90. The Hall–Kier alpha value is -3.31. The Morgan fingerprint density at radius 3 is 2.16 bits per heavy atom. The summed E-state index contributed by atoms with van der Waals surface area (Å²) in [6, 6.07) is 22.8. The summed E-state index contributed by atoms with van der Waals surface area (Å²) in [5, 5.41) is 33.0. The predicted molar refractivity (Wildman–Crippen MR) is 165 cm³/mol.